The van der Waals surface area contributed by atoms with Gasteiger partial charge in [0.2, 0.25) is 0 Å². The lowest BCUT2D eigenvalue weighted by Gasteiger charge is -2.37. The highest BCUT2D eigenvalue weighted by Gasteiger charge is 2.47. The van der Waals surface area contributed by atoms with E-state index >= 15 is 0 Å². The van der Waals surface area contributed by atoms with E-state index in [1.165, 1.54) is 35.1 Å². The Morgan fingerprint density at radius 1 is 1.05 bits per heavy atom. The zero-order valence-corrected chi connectivity index (χ0v) is 11.3. The molecular formula is C18H19N. The number of fused-ring (bicyclic) bond motifs is 7. The fraction of sp³-hybridized carbons (Fsp3) is 0.333. The fourth-order valence-electron chi connectivity index (χ4n) is 4.08. The third-order valence-electron chi connectivity index (χ3n) is 4.74. The molecule has 2 aromatic rings. The minimum atomic E-state index is 0.0604. The van der Waals surface area contributed by atoms with Crippen molar-refractivity contribution in [1.29, 1.82) is 0 Å². The molecule has 2 heterocycles. The first kappa shape index (κ1) is 11.2. The zero-order valence-electron chi connectivity index (χ0n) is 11.3. The largest absolute Gasteiger partial charge is 0.296 e. The minimum absolute atomic E-state index is 0.0604. The van der Waals surface area contributed by atoms with Crippen LogP contribution in [0, 0.1) is 0 Å². The normalized spacial score (nSPS) is 26.9. The van der Waals surface area contributed by atoms with E-state index in [0.29, 0.717) is 6.04 Å². The Balaban J connectivity index is 2.01. The molecule has 0 aromatic heterocycles. The Hall–Kier alpha value is -1.60. The maximum absolute atomic E-state index is 3.93. The van der Waals surface area contributed by atoms with Gasteiger partial charge in [0.05, 0.1) is 5.54 Å². The van der Waals surface area contributed by atoms with Crippen LogP contribution in [-0.2, 0) is 12.0 Å². The van der Waals surface area contributed by atoms with Crippen molar-refractivity contribution in [3.8, 4) is 0 Å². The second-order valence-corrected chi connectivity index (χ2v) is 5.80. The predicted molar refractivity (Wildman–Crippen MR) is 78.2 cm³/mol. The van der Waals surface area contributed by atoms with Gasteiger partial charge < -0.3 is 0 Å². The van der Waals surface area contributed by atoms with Crippen LogP contribution in [0.3, 0.4) is 0 Å². The Morgan fingerprint density at radius 3 is 2.63 bits per heavy atom. The third-order valence-corrected chi connectivity index (χ3v) is 4.74. The van der Waals surface area contributed by atoms with E-state index < -0.39 is 0 Å². The molecule has 0 fully saturated rings. The average molecular weight is 249 g/mol. The number of nitrogens with one attached hydrogen (secondary N) is 1. The summed E-state index contributed by atoms with van der Waals surface area (Å²) >= 11 is 0. The van der Waals surface area contributed by atoms with Gasteiger partial charge in [-0.15, -0.1) is 0 Å². The molecule has 2 atom stereocenters. The fourth-order valence-corrected chi connectivity index (χ4v) is 4.08. The Morgan fingerprint density at radius 2 is 1.79 bits per heavy atom. The molecule has 2 aliphatic rings. The standard InChI is InChI=1S/C18H19N/c1-2-11-18-15-9-5-3-7-13(15)12-17(19-18)14-8-4-6-10-16(14)18/h3-10,17,19H,2,11-12H2,1H3/t17-,18+/m0/s1. The van der Waals surface area contributed by atoms with Crippen LogP contribution in [0.25, 0.3) is 0 Å². The summed E-state index contributed by atoms with van der Waals surface area (Å²) in [6.45, 7) is 2.28. The molecule has 1 N–H and O–H groups in total. The quantitative estimate of drug-likeness (QED) is 0.850. The second kappa shape index (κ2) is 3.94. The van der Waals surface area contributed by atoms with E-state index in [1.807, 2.05) is 0 Å². The van der Waals surface area contributed by atoms with Gasteiger partial charge in [-0.3, -0.25) is 5.32 Å². The van der Waals surface area contributed by atoms with Crippen molar-refractivity contribution in [2.75, 3.05) is 0 Å². The van der Waals surface area contributed by atoms with Crippen LogP contribution in [0.4, 0.5) is 0 Å². The third kappa shape index (κ3) is 1.39. The molecule has 2 aliphatic heterocycles. The van der Waals surface area contributed by atoms with E-state index in [9.17, 15) is 0 Å². The second-order valence-electron chi connectivity index (χ2n) is 5.80. The lowest BCUT2D eigenvalue weighted by molar-refractivity contribution is 0.335. The molecule has 96 valence electrons. The van der Waals surface area contributed by atoms with Gasteiger partial charge in [-0.25, -0.2) is 0 Å². The first-order valence-corrected chi connectivity index (χ1v) is 7.30. The number of benzene rings is 2. The van der Waals surface area contributed by atoms with Crippen LogP contribution in [0.5, 0.6) is 0 Å². The monoisotopic (exact) mass is 249 g/mol. The predicted octanol–water partition coefficient (Wildman–Crippen LogP) is 3.93. The van der Waals surface area contributed by atoms with Gasteiger partial charge in [-0.2, -0.15) is 0 Å². The van der Waals surface area contributed by atoms with Crippen LogP contribution < -0.4 is 5.32 Å². The van der Waals surface area contributed by atoms with Gasteiger partial charge in [-0.05, 0) is 35.1 Å². The summed E-state index contributed by atoms with van der Waals surface area (Å²) in [5.41, 5.74) is 6.10. The first-order valence-electron chi connectivity index (χ1n) is 7.30. The summed E-state index contributed by atoms with van der Waals surface area (Å²) < 4.78 is 0. The van der Waals surface area contributed by atoms with Crippen molar-refractivity contribution in [3.05, 3.63) is 70.8 Å². The van der Waals surface area contributed by atoms with E-state index in [4.69, 9.17) is 0 Å². The van der Waals surface area contributed by atoms with E-state index in [1.54, 1.807) is 0 Å². The molecule has 1 heteroatoms. The van der Waals surface area contributed by atoms with Gasteiger partial charge in [0, 0.05) is 6.04 Å². The van der Waals surface area contributed by atoms with Crippen LogP contribution in [0.15, 0.2) is 48.5 Å². The van der Waals surface area contributed by atoms with Crippen LogP contribution >= 0.6 is 0 Å². The summed E-state index contributed by atoms with van der Waals surface area (Å²) in [7, 11) is 0. The number of hydrogen-bond acceptors (Lipinski definition) is 1. The van der Waals surface area contributed by atoms with E-state index in [0.717, 1.165) is 6.42 Å². The van der Waals surface area contributed by atoms with Gasteiger partial charge in [-0.1, -0.05) is 61.9 Å². The molecule has 2 aromatic carbocycles. The summed E-state index contributed by atoms with van der Waals surface area (Å²) in [4.78, 5) is 0. The number of rotatable bonds is 2. The summed E-state index contributed by atoms with van der Waals surface area (Å²) in [5.74, 6) is 0. The minimum Gasteiger partial charge on any atom is -0.296 e. The molecule has 0 saturated carbocycles. The molecule has 2 bridgehead atoms. The van der Waals surface area contributed by atoms with Gasteiger partial charge in [0.15, 0.2) is 0 Å². The molecule has 0 aliphatic carbocycles. The summed E-state index contributed by atoms with van der Waals surface area (Å²) in [6, 6.07) is 18.4. The zero-order chi connectivity index (χ0) is 12.9. The smallest absolute Gasteiger partial charge is 0.0701 e. The highest BCUT2D eigenvalue weighted by Crippen LogP contribution is 2.50. The maximum Gasteiger partial charge on any atom is 0.0701 e. The Kier molecular flexibility index (Phi) is 2.33. The van der Waals surface area contributed by atoms with Crippen molar-refractivity contribution >= 4 is 0 Å². The molecular weight excluding hydrogens is 230 g/mol. The van der Waals surface area contributed by atoms with Gasteiger partial charge >= 0.3 is 0 Å². The highest BCUT2D eigenvalue weighted by atomic mass is 15.1. The molecule has 0 amide bonds. The van der Waals surface area contributed by atoms with E-state index in [2.05, 4.69) is 60.8 Å². The van der Waals surface area contributed by atoms with Crippen molar-refractivity contribution in [3.63, 3.8) is 0 Å². The molecule has 0 saturated heterocycles. The molecule has 1 nitrogen and oxygen atoms in total. The lowest BCUT2D eigenvalue weighted by atomic mass is 9.78. The molecule has 0 unspecified atom stereocenters. The molecule has 19 heavy (non-hydrogen) atoms. The van der Waals surface area contributed by atoms with Crippen molar-refractivity contribution < 1.29 is 0 Å². The van der Waals surface area contributed by atoms with Crippen LogP contribution in [0.2, 0.25) is 0 Å². The molecule has 0 spiro atoms. The van der Waals surface area contributed by atoms with Crippen LogP contribution in [0.1, 0.15) is 48.1 Å². The van der Waals surface area contributed by atoms with Crippen LogP contribution in [-0.4, -0.2) is 0 Å². The average Bonchev–Trinajstić information content (AvgIpc) is 2.71. The van der Waals surface area contributed by atoms with E-state index in [-0.39, 0.29) is 5.54 Å². The SMILES string of the molecule is CCC[C@@]12N[C@@H](Cc3ccccc31)c1ccccc12. The first-order chi connectivity index (χ1) is 9.35. The summed E-state index contributed by atoms with van der Waals surface area (Å²) in [6.07, 6.45) is 3.50. The maximum atomic E-state index is 3.93. The van der Waals surface area contributed by atoms with Crippen molar-refractivity contribution in [2.45, 2.75) is 37.8 Å². The molecule has 0 radical (unpaired) electrons. The lowest BCUT2D eigenvalue weighted by Crippen LogP contribution is -2.43. The summed E-state index contributed by atoms with van der Waals surface area (Å²) in [5, 5.41) is 3.93. The van der Waals surface area contributed by atoms with Gasteiger partial charge in [0.1, 0.15) is 0 Å². The number of hydrogen-bond donors (Lipinski definition) is 1. The van der Waals surface area contributed by atoms with Crippen molar-refractivity contribution in [2.24, 2.45) is 0 Å². The molecule has 4 rings (SSSR count). The highest BCUT2D eigenvalue weighted by molar-refractivity contribution is 5.54. The van der Waals surface area contributed by atoms with Gasteiger partial charge in [0.25, 0.3) is 0 Å². The Bertz CT molecular complexity index is 618. The Labute approximate surface area is 114 Å². The van der Waals surface area contributed by atoms with Crippen molar-refractivity contribution in [1.82, 2.24) is 5.32 Å². The topological polar surface area (TPSA) is 12.0 Å².